The summed E-state index contributed by atoms with van der Waals surface area (Å²) in [5, 5.41) is 0. The first kappa shape index (κ1) is 14.9. The highest BCUT2D eigenvalue weighted by Gasteiger charge is 2.30. The predicted molar refractivity (Wildman–Crippen MR) is 73.2 cm³/mol. The molecule has 0 saturated carbocycles. The largest absolute Gasteiger partial charge is 0.330 e. The molecule has 0 amide bonds. The number of likely N-dealkylation sites (N-methyl/N-ethyl adjacent to an activating group) is 1. The molecule has 0 aliphatic carbocycles. The molecule has 1 aromatic rings. The van der Waals surface area contributed by atoms with Gasteiger partial charge in [0.15, 0.2) is 4.90 Å². The minimum Gasteiger partial charge on any atom is -0.304 e. The third-order valence-corrected chi connectivity index (χ3v) is 5.38. The lowest BCUT2D eigenvalue weighted by atomic mass is 10.4. The van der Waals surface area contributed by atoms with Crippen molar-refractivity contribution in [3.63, 3.8) is 0 Å². The maximum atomic E-state index is 12.5. The van der Waals surface area contributed by atoms with Gasteiger partial charge in [0, 0.05) is 46.5 Å². The van der Waals surface area contributed by atoms with Gasteiger partial charge in [-0.3, -0.25) is 9.36 Å². The van der Waals surface area contributed by atoms with Gasteiger partial charge in [0.05, 0.1) is 0 Å². The quantitative estimate of drug-likeness (QED) is 0.632. The van der Waals surface area contributed by atoms with E-state index in [9.17, 15) is 18.0 Å². The Labute approximate surface area is 116 Å². The Morgan fingerprint density at radius 1 is 1.00 bits per heavy atom. The fourth-order valence-electron chi connectivity index (χ4n) is 2.12. The third-order valence-electron chi connectivity index (χ3n) is 3.50. The lowest BCUT2D eigenvalue weighted by Gasteiger charge is -2.31. The third kappa shape index (κ3) is 2.43. The Kier molecular flexibility index (Phi) is 3.85. The van der Waals surface area contributed by atoms with Crippen LogP contribution in [-0.2, 0) is 24.1 Å². The van der Waals surface area contributed by atoms with E-state index < -0.39 is 21.3 Å². The first-order valence-electron chi connectivity index (χ1n) is 6.20. The number of aromatic nitrogens is 2. The molecule has 0 N–H and O–H groups in total. The average Bonchev–Trinajstić information content (AvgIpc) is 2.41. The molecule has 0 spiro atoms. The second kappa shape index (κ2) is 5.15. The number of sulfonamides is 1. The van der Waals surface area contributed by atoms with Crippen LogP contribution in [0.1, 0.15) is 0 Å². The maximum absolute atomic E-state index is 12.5. The van der Waals surface area contributed by atoms with Crippen LogP contribution >= 0.6 is 0 Å². The molecular weight excluding hydrogens is 284 g/mol. The van der Waals surface area contributed by atoms with E-state index in [4.69, 9.17) is 0 Å². The zero-order valence-electron chi connectivity index (χ0n) is 11.7. The molecule has 9 heteroatoms. The molecule has 1 aliphatic heterocycles. The topological polar surface area (TPSA) is 84.6 Å². The van der Waals surface area contributed by atoms with Gasteiger partial charge in [-0.05, 0) is 7.05 Å². The van der Waals surface area contributed by atoms with Gasteiger partial charge in [0.1, 0.15) is 0 Å². The van der Waals surface area contributed by atoms with Crippen LogP contribution in [0.3, 0.4) is 0 Å². The lowest BCUT2D eigenvalue weighted by Crippen LogP contribution is -2.49. The predicted octanol–water partition coefficient (Wildman–Crippen LogP) is -1.98. The average molecular weight is 302 g/mol. The fraction of sp³-hybridized carbons (Fsp3) is 0.636. The minimum atomic E-state index is -3.86. The molecule has 0 aromatic carbocycles. The van der Waals surface area contributed by atoms with Gasteiger partial charge in [0.2, 0.25) is 10.0 Å². The highest BCUT2D eigenvalue weighted by Crippen LogP contribution is 2.13. The van der Waals surface area contributed by atoms with E-state index in [1.54, 1.807) is 0 Å². The summed E-state index contributed by atoms with van der Waals surface area (Å²) in [5.41, 5.74) is -1.33. The first-order chi connectivity index (χ1) is 9.25. The number of hydrogen-bond acceptors (Lipinski definition) is 5. The van der Waals surface area contributed by atoms with Crippen molar-refractivity contribution >= 4 is 10.0 Å². The highest BCUT2D eigenvalue weighted by molar-refractivity contribution is 7.89. The molecule has 0 atom stereocenters. The summed E-state index contributed by atoms with van der Waals surface area (Å²) < 4.78 is 28.2. The molecule has 1 aromatic heterocycles. The van der Waals surface area contributed by atoms with Crippen molar-refractivity contribution in [3.8, 4) is 0 Å². The van der Waals surface area contributed by atoms with Crippen LogP contribution in [-0.4, -0.2) is 60.0 Å². The second-order valence-electron chi connectivity index (χ2n) is 4.96. The van der Waals surface area contributed by atoms with Crippen LogP contribution < -0.4 is 11.2 Å². The van der Waals surface area contributed by atoms with Crippen molar-refractivity contribution < 1.29 is 8.42 Å². The number of rotatable bonds is 2. The summed E-state index contributed by atoms with van der Waals surface area (Å²) in [6, 6.07) is 0. The van der Waals surface area contributed by atoms with Crippen molar-refractivity contribution in [2.24, 2.45) is 14.1 Å². The van der Waals surface area contributed by atoms with E-state index in [0.717, 1.165) is 15.3 Å². The van der Waals surface area contributed by atoms with Crippen LogP contribution in [0.15, 0.2) is 20.7 Å². The van der Waals surface area contributed by atoms with Gasteiger partial charge in [-0.2, -0.15) is 4.31 Å². The van der Waals surface area contributed by atoms with E-state index in [0.29, 0.717) is 26.2 Å². The number of piperazine rings is 1. The molecule has 0 bridgehead atoms. The van der Waals surface area contributed by atoms with Gasteiger partial charge in [-0.1, -0.05) is 0 Å². The van der Waals surface area contributed by atoms with E-state index in [-0.39, 0.29) is 4.90 Å². The first-order valence-corrected chi connectivity index (χ1v) is 7.64. The molecule has 1 aliphatic rings. The van der Waals surface area contributed by atoms with Crippen molar-refractivity contribution in [3.05, 3.63) is 27.0 Å². The van der Waals surface area contributed by atoms with Crippen molar-refractivity contribution in [2.45, 2.75) is 4.90 Å². The molecule has 0 radical (unpaired) electrons. The Bertz CT molecular complexity index is 726. The monoisotopic (exact) mass is 302 g/mol. The molecular formula is C11H18N4O4S. The Morgan fingerprint density at radius 3 is 2.10 bits per heavy atom. The fourth-order valence-corrected chi connectivity index (χ4v) is 3.69. The molecule has 112 valence electrons. The van der Waals surface area contributed by atoms with Crippen molar-refractivity contribution in [1.82, 2.24) is 18.3 Å². The number of nitrogens with zero attached hydrogens (tertiary/aromatic N) is 4. The van der Waals surface area contributed by atoms with Crippen molar-refractivity contribution in [2.75, 3.05) is 33.2 Å². The van der Waals surface area contributed by atoms with Crippen LogP contribution in [0.2, 0.25) is 0 Å². The molecule has 1 saturated heterocycles. The smallest absolute Gasteiger partial charge is 0.304 e. The van der Waals surface area contributed by atoms with Crippen LogP contribution in [0, 0.1) is 0 Å². The summed E-state index contributed by atoms with van der Waals surface area (Å²) in [6.07, 6.45) is 1.10. The Balaban J connectivity index is 2.51. The number of aryl methyl sites for hydroxylation is 1. The van der Waals surface area contributed by atoms with Gasteiger partial charge in [0.25, 0.3) is 5.56 Å². The van der Waals surface area contributed by atoms with E-state index in [1.165, 1.54) is 18.4 Å². The Hall–Kier alpha value is -1.45. The van der Waals surface area contributed by atoms with Crippen LogP contribution in [0.5, 0.6) is 0 Å². The van der Waals surface area contributed by atoms with Gasteiger partial charge >= 0.3 is 5.69 Å². The summed E-state index contributed by atoms with van der Waals surface area (Å²) in [7, 11) is 0.741. The molecule has 0 unspecified atom stereocenters. The zero-order chi connectivity index (χ0) is 15.1. The molecule has 20 heavy (non-hydrogen) atoms. The second-order valence-corrected chi connectivity index (χ2v) is 6.86. The lowest BCUT2D eigenvalue weighted by molar-refractivity contribution is 0.222. The minimum absolute atomic E-state index is 0.338. The summed E-state index contributed by atoms with van der Waals surface area (Å²) in [6.45, 7) is 1.91. The summed E-state index contributed by atoms with van der Waals surface area (Å²) >= 11 is 0. The van der Waals surface area contributed by atoms with Crippen molar-refractivity contribution in [1.29, 1.82) is 0 Å². The normalized spacial score (nSPS) is 18.4. The number of hydrogen-bond donors (Lipinski definition) is 0. The maximum Gasteiger partial charge on any atom is 0.330 e. The zero-order valence-corrected chi connectivity index (χ0v) is 12.6. The SMILES string of the molecule is CN1CCN(S(=O)(=O)c2cn(C)c(=O)n(C)c2=O)CC1. The summed E-state index contributed by atoms with van der Waals surface area (Å²) in [5.74, 6) is 0. The van der Waals surface area contributed by atoms with E-state index in [1.807, 2.05) is 11.9 Å². The van der Waals surface area contributed by atoms with Gasteiger partial charge < -0.3 is 9.47 Å². The van der Waals surface area contributed by atoms with E-state index >= 15 is 0 Å². The van der Waals surface area contributed by atoms with Gasteiger partial charge in [-0.25, -0.2) is 13.2 Å². The van der Waals surface area contributed by atoms with E-state index in [2.05, 4.69) is 0 Å². The van der Waals surface area contributed by atoms with Crippen LogP contribution in [0.25, 0.3) is 0 Å². The summed E-state index contributed by atoms with van der Waals surface area (Å²) in [4.78, 5) is 25.3. The Morgan fingerprint density at radius 2 is 1.55 bits per heavy atom. The van der Waals surface area contributed by atoms with Gasteiger partial charge in [-0.15, -0.1) is 0 Å². The standard InChI is InChI=1S/C11H18N4O4S/c1-12-4-6-15(7-5-12)20(18,19)9-8-13(2)11(17)14(3)10(9)16/h8H,4-7H2,1-3H3. The molecule has 2 heterocycles. The molecule has 1 fully saturated rings. The molecule has 8 nitrogen and oxygen atoms in total. The van der Waals surface area contributed by atoms with Crippen LogP contribution in [0.4, 0.5) is 0 Å². The molecule has 2 rings (SSSR count). The highest BCUT2D eigenvalue weighted by atomic mass is 32.2.